The molecule has 1 aliphatic heterocycles. The number of hydrogen-bond donors (Lipinski definition) is 1. The highest BCUT2D eigenvalue weighted by Gasteiger charge is 2.52. The molecule has 0 aliphatic carbocycles. The molecule has 3 nitrogen and oxygen atoms in total. The zero-order valence-corrected chi connectivity index (χ0v) is 12.3. The van der Waals surface area contributed by atoms with Crippen LogP contribution in [0.15, 0.2) is 18.2 Å². The maximum Gasteiger partial charge on any atom is 0.497 e. The second-order valence-corrected chi connectivity index (χ2v) is 6.01. The van der Waals surface area contributed by atoms with Crippen LogP contribution in [0.2, 0.25) is 5.02 Å². The van der Waals surface area contributed by atoms with Gasteiger partial charge in [-0.25, -0.2) is 0 Å². The van der Waals surface area contributed by atoms with Crippen molar-refractivity contribution in [1.82, 2.24) is 0 Å². The highest BCUT2D eigenvalue weighted by molar-refractivity contribution is 6.64. The summed E-state index contributed by atoms with van der Waals surface area (Å²) in [4.78, 5) is 0. The average molecular weight is 268 g/mol. The standard InChI is InChI=1S/C13H19BClNO2/c1-12(2)13(3,4)18-14(17-12)10-8-9(15)6-7-11(10)16-5/h6-8,16H,1-5H3. The zero-order chi connectivity index (χ0) is 13.6. The van der Waals surface area contributed by atoms with Crippen LogP contribution in [0.4, 0.5) is 5.69 Å². The predicted molar refractivity (Wildman–Crippen MR) is 76.7 cm³/mol. The van der Waals surface area contributed by atoms with E-state index in [0.29, 0.717) is 5.02 Å². The third-order valence-corrected chi connectivity index (χ3v) is 4.03. The lowest BCUT2D eigenvalue weighted by molar-refractivity contribution is 0.00578. The lowest BCUT2D eigenvalue weighted by atomic mass is 9.78. The molecular formula is C13H19BClNO2. The molecule has 0 atom stereocenters. The van der Waals surface area contributed by atoms with Gasteiger partial charge in [-0.1, -0.05) is 11.6 Å². The van der Waals surface area contributed by atoms with Gasteiger partial charge in [0.05, 0.1) is 11.2 Å². The van der Waals surface area contributed by atoms with Gasteiger partial charge >= 0.3 is 7.12 Å². The molecule has 2 rings (SSSR count). The Hall–Kier alpha value is -0.705. The number of benzene rings is 1. The second kappa shape index (κ2) is 4.44. The van der Waals surface area contributed by atoms with Gasteiger partial charge in [0.15, 0.2) is 0 Å². The molecule has 1 aromatic carbocycles. The highest BCUT2D eigenvalue weighted by Crippen LogP contribution is 2.37. The monoisotopic (exact) mass is 267 g/mol. The molecule has 98 valence electrons. The summed E-state index contributed by atoms with van der Waals surface area (Å²) in [6.07, 6.45) is 0. The maximum atomic E-state index is 6.06. The van der Waals surface area contributed by atoms with E-state index >= 15 is 0 Å². The first-order chi connectivity index (χ1) is 8.27. The van der Waals surface area contributed by atoms with E-state index in [2.05, 4.69) is 5.32 Å². The van der Waals surface area contributed by atoms with E-state index < -0.39 is 7.12 Å². The topological polar surface area (TPSA) is 30.5 Å². The quantitative estimate of drug-likeness (QED) is 0.836. The van der Waals surface area contributed by atoms with E-state index in [4.69, 9.17) is 20.9 Å². The van der Waals surface area contributed by atoms with Crippen LogP contribution in [0.25, 0.3) is 0 Å². The van der Waals surface area contributed by atoms with Crippen LogP contribution in [-0.2, 0) is 9.31 Å². The van der Waals surface area contributed by atoms with Gasteiger partial charge in [0, 0.05) is 23.2 Å². The summed E-state index contributed by atoms with van der Waals surface area (Å²) < 4.78 is 12.1. The van der Waals surface area contributed by atoms with Crippen molar-refractivity contribution in [2.45, 2.75) is 38.9 Å². The summed E-state index contributed by atoms with van der Waals surface area (Å²) in [5, 5.41) is 3.82. The molecule has 0 unspecified atom stereocenters. The van der Waals surface area contributed by atoms with E-state index in [1.165, 1.54) is 0 Å². The van der Waals surface area contributed by atoms with Crippen molar-refractivity contribution in [3.8, 4) is 0 Å². The fourth-order valence-corrected chi connectivity index (χ4v) is 2.11. The molecular weight excluding hydrogens is 248 g/mol. The van der Waals surface area contributed by atoms with Crippen LogP contribution in [0.5, 0.6) is 0 Å². The maximum absolute atomic E-state index is 6.06. The third kappa shape index (κ3) is 2.25. The molecule has 0 radical (unpaired) electrons. The molecule has 18 heavy (non-hydrogen) atoms. The Morgan fingerprint density at radius 2 is 1.67 bits per heavy atom. The summed E-state index contributed by atoms with van der Waals surface area (Å²) in [5.41, 5.74) is 1.22. The first kappa shape index (κ1) is 13.7. The molecule has 0 spiro atoms. The van der Waals surface area contributed by atoms with Gasteiger partial charge < -0.3 is 14.6 Å². The van der Waals surface area contributed by atoms with Crippen molar-refractivity contribution in [3.63, 3.8) is 0 Å². The molecule has 1 N–H and O–H groups in total. The van der Waals surface area contributed by atoms with Crippen molar-refractivity contribution in [2.75, 3.05) is 12.4 Å². The molecule has 0 bridgehead atoms. The smallest absolute Gasteiger partial charge is 0.399 e. The number of nitrogens with one attached hydrogen (secondary N) is 1. The zero-order valence-electron chi connectivity index (χ0n) is 11.5. The van der Waals surface area contributed by atoms with Gasteiger partial charge in [0.2, 0.25) is 0 Å². The molecule has 0 aromatic heterocycles. The Morgan fingerprint density at radius 1 is 1.11 bits per heavy atom. The summed E-state index contributed by atoms with van der Waals surface area (Å²) in [6, 6.07) is 5.67. The van der Waals surface area contributed by atoms with Crippen LogP contribution in [0.1, 0.15) is 27.7 Å². The van der Waals surface area contributed by atoms with Gasteiger partial charge in [-0.2, -0.15) is 0 Å². The highest BCUT2D eigenvalue weighted by atomic mass is 35.5. The minimum Gasteiger partial charge on any atom is -0.399 e. The van der Waals surface area contributed by atoms with E-state index in [0.717, 1.165) is 11.2 Å². The van der Waals surface area contributed by atoms with E-state index in [9.17, 15) is 0 Å². The fourth-order valence-electron chi connectivity index (χ4n) is 1.93. The van der Waals surface area contributed by atoms with Crippen LogP contribution in [0, 0.1) is 0 Å². The summed E-state index contributed by atoms with van der Waals surface area (Å²) in [6.45, 7) is 8.15. The number of anilines is 1. The van der Waals surface area contributed by atoms with E-state index in [1.807, 2.05) is 52.9 Å². The molecule has 1 aromatic rings. The SMILES string of the molecule is CNc1ccc(Cl)cc1B1OC(C)(C)C(C)(C)O1. The number of halogens is 1. The summed E-state index contributed by atoms with van der Waals surface area (Å²) >= 11 is 6.06. The van der Waals surface area contributed by atoms with E-state index in [-0.39, 0.29) is 11.2 Å². The van der Waals surface area contributed by atoms with Gasteiger partial charge in [-0.3, -0.25) is 0 Å². The Labute approximate surface area is 114 Å². The van der Waals surface area contributed by atoms with Crippen LogP contribution in [-0.4, -0.2) is 25.4 Å². The first-order valence-corrected chi connectivity index (χ1v) is 6.47. The van der Waals surface area contributed by atoms with Gasteiger partial charge in [-0.05, 0) is 45.9 Å². The normalized spacial score (nSPS) is 21.1. The minimum absolute atomic E-state index is 0.342. The van der Waals surface area contributed by atoms with Crippen molar-refractivity contribution >= 4 is 29.9 Å². The Kier molecular flexibility index (Phi) is 3.39. The molecule has 1 saturated heterocycles. The van der Waals surface area contributed by atoms with Crippen molar-refractivity contribution in [2.24, 2.45) is 0 Å². The molecule has 1 heterocycles. The van der Waals surface area contributed by atoms with Crippen molar-refractivity contribution in [3.05, 3.63) is 23.2 Å². The molecule has 1 fully saturated rings. The minimum atomic E-state index is -0.392. The Morgan fingerprint density at radius 3 is 2.17 bits per heavy atom. The Balaban J connectivity index is 2.37. The molecule has 0 saturated carbocycles. The third-order valence-electron chi connectivity index (χ3n) is 3.79. The average Bonchev–Trinajstić information content (AvgIpc) is 2.48. The number of hydrogen-bond acceptors (Lipinski definition) is 3. The van der Waals surface area contributed by atoms with Crippen LogP contribution < -0.4 is 10.8 Å². The van der Waals surface area contributed by atoms with Gasteiger partial charge in [-0.15, -0.1) is 0 Å². The molecule has 0 amide bonds. The lowest BCUT2D eigenvalue weighted by Gasteiger charge is -2.32. The Bertz CT molecular complexity index is 446. The van der Waals surface area contributed by atoms with Crippen LogP contribution in [0.3, 0.4) is 0 Å². The van der Waals surface area contributed by atoms with Gasteiger partial charge in [0.25, 0.3) is 0 Å². The van der Waals surface area contributed by atoms with Crippen molar-refractivity contribution < 1.29 is 9.31 Å². The second-order valence-electron chi connectivity index (χ2n) is 5.57. The fraction of sp³-hybridized carbons (Fsp3) is 0.538. The molecule has 1 aliphatic rings. The molecule has 5 heteroatoms. The van der Waals surface area contributed by atoms with Crippen molar-refractivity contribution in [1.29, 1.82) is 0 Å². The first-order valence-electron chi connectivity index (χ1n) is 6.10. The van der Waals surface area contributed by atoms with E-state index in [1.54, 1.807) is 0 Å². The predicted octanol–water partition coefficient (Wildman–Crippen LogP) is 2.68. The lowest BCUT2D eigenvalue weighted by Crippen LogP contribution is -2.41. The largest absolute Gasteiger partial charge is 0.497 e. The number of rotatable bonds is 2. The van der Waals surface area contributed by atoms with Gasteiger partial charge in [0.1, 0.15) is 0 Å². The summed E-state index contributed by atoms with van der Waals surface area (Å²) in [7, 11) is 1.48. The van der Waals surface area contributed by atoms with Crippen LogP contribution >= 0.6 is 11.6 Å². The summed E-state index contributed by atoms with van der Waals surface area (Å²) in [5.74, 6) is 0.